The summed E-state index contributed by atoms with van der Waals surface area (Å²) >= 11 is 0. The number of rotatable bonds is 6. The van der Waals surface area contributed by atoms with Gasteiger partial charge in [0.25, 0.3) is 0 Å². The lowest BCUT2D eigenvalue weighted by Gasteiger charge is -2.09. The number of benzene rings is 2. The number of fused-ring (bicyclic) bond motifs is 1. The fourth-order valence-corrected chi connectivity index (χ4v) is 2.26. The zero-order valence-electron chi connectivity index (χ0n) is 11.7. The van der Waals surface area contributed by atoms with E-state index in [1.165, 1.54) is 12.1 Å². The van der Waals surface area contributed by atoms with E-state index in [1.54, 1.807) is 12.1 Å². The van der Waals surface area contributed by atoms with Gasteiger partial charge in [-0.25, -0.2) is 0 Å². The third-order valence-corrected chi connectivity index (χ3v) is 3.27. The highest BCUT2D eigenvalue weighted by atomic mass is 19.3. The minimum absolute atomic E-state index is 0.158. The minimum Gasteiger partial charge on any atom is -0.454 e. The van der Waals surface area contributed by atoms with Crippen LogP contribution in [0.15, 0.2) is 42.5 Å². The molecule has 1 aliphatic rings. The molecule has 0 aliphatic carbocycles. The second-order valence-corrected chi connectivity index (χ2v) is 4.78. The number of para-hydroxylation sites is 1. The van der Waals surface area contributed by atoms with Gasteiger partial charge in [0.15, 0.2) is 11.5 Å². The van der Waals surface area contributed by atoms with Gasteiger partial charge >= 0.3 is 6.61 Å². The fourth-order valence-electron chi connectivity index (χ4n) is 2.26. The van der Waals surface area contributed by atoms with E-state index in [0.29, 0.717) is 13.1 Å². The number of alkyl halides is 2. The van der Waals surface area contributed by atoms with Crippen LogP contribution in [-0.2, 0) is 13.1 Å². The molecule has 2 aromatic rings. The van der Waals surface area contributed by atoms with Crippen molar-refractivity contribution < 1.29 is 23.0 Å². The molecule has 0 spiro atoms. The van der Waals surface area contributed by atoms with Crippen molar-refractivity contribution in [2.24, 2.45) is 0 Å². The van der Waals surface area contributed by atoms with Gasteiger partial charge in [-0.3, -0.25) is 0 Å². The van der Waals surface area contributed by atoms with Crippen LogP contribution < -0.4 is 19.5 Å². The van der Waals surface area contributed by atoms with E-state index in [2.05, 4.69) is 10.1 Å². The standard InChI is InChI=1S/C16H15F2NO3/c17-16(18)22-13-6-4-11(5-7-13)8-19-9-12-2-1-3-14-15(12)21-10-20-14/h1-7,16,19H,8-10H2. The third-order valence-electron chi connectivity index (χ3n) is 3.27. The number of hydrogen-bond donors (Lipinski definition) is 1. The lowest BCUT2D eigenvalue weighted by Crippen LogP contribution is -2.13. The van der Waals surface area contributed by atoms with Crippen molar-refractivity contribution in [2.45, 2.75) is 19.7 Å². The van der Waals surface area contributed by atoms with Gasteiger partial charge in [-0.2, -0.15) is 8.78 Å². The highest BCUT2D eigenvalue weighted by Crippen LogP contribution is 2.35. The average Bonchev–Trinajstić information content (AvgIpc) is 2.98. The molecule has 0 amide bonds. The molecule has 0 unspecified atom stereocenters. The Hall–Kier alpha value is -2.34. The first-order valence-electron chi connectivity index (χ1n) is 6.84. The molecule has 0 saturated carbocycles. The summed E-state index contributed by atoms with van der Waals surface area (Å²) < 4.78 is 39.2. The summed E-state index contributed by atoms with van der Waals surface area (Å²) in [5, 5.41) is 3.28. The van der Waals surface area contributed by atoms with Gasteiger partial charge in [0, 0.05) is 18.7 Å². The summed E-state index contributed by atoms with van der Waals surface area (Å²) in [5.74, 6) is 1.69. The van der Waals surface area contributed by atoms with Crippen LogP contribution in [0.2, 0.25) is 0 Å². The third kappa shape index (κ3) is 3.46. The van der Waals surface area contributed by atoms with E-state index in [-0.39, 0.29) is 12.5 Å². The van der Waals surface area contributed by atoms with Gasteiger partial charge in [-0.15, -0.1) is 0 Å². The van der Waals surface area contributed by atoms with E-state index in [1.807, 2.05) is 18.2 Å². The maximum atomic E-state index is 12.1. The molecule has 3 rings (SSSR count). The van der Waals surface area contributed by atoms with Gasteiger partial charge in [-0.05, 0) is 23.8 Å². The SMILES string of the molecule is FC(F)Oc1ccc(CNCc2cccc3c2OCO3)cc1. The van der Waals surface area contributed by atoms with Gasteiger partial charge in [0.05, 0.1) is 0 Å². The topological polar surface area (TPSA) is 39.7 Å². The molecule has 22 heavy (non-hydrogen) atoms. The fraction of sp³-hybridized carbons (Fsp3) is 0.250. The van der Waals surface area contributed by atoms with Crippen molar-refractivity contribution in [3.05, 3.63) is 53.6 Å². The molecule has 0 aromatic heterocycles. The van der Waals surface area contributed by atoms with Crippen LogP contribution >= 0.6 is 0 Å². The number of hydrogen-bond acceptors (Lipinski definition) is 4. The predicted octanol–water partition coefficient (Wildman–Crippen LogP) is 3.31. The van der Waals surface area contributed by atoms with Gasteiger partial charge in [0.2, 0.25) is 6.79 Å². The van der Waals surface area contributed by atoms with Gasteiger partial charge < -0.3 is 19.5 Å². The second kappa shape index (κ2) is 6.62. The molecule has 2 aromatic carbocycles. The number of nitrogens with one attached hydrogen (secondary N) is 1. The van der Waals surface area contributed by atoms with Crippen LogP contribution in [0.25, 0.3) is 0 Å². The van der Waals surface area contributed by atoms with Crippen LogP contribution in [0.5, 0.6) is 17.2 Å². The summed E-state index contributed by atoms with van der Waals surface area (Å²) in [6.45, 7) is -1.31. The van der Waals surface area contributed by atoms with E-state index in [4.69, 9.17) is 9.47 Å². The van der Waals surface area contributed by atoms with E-state index < -0.39 is 6.61 Å². The van der Waals surface area contributed by atoms with Crippen molar-refractivity contribution in [1.29, 1.82) is 0 Å². The number of ether oxygens (including phenoxy) is 3. The lowest BCUT2D eigenvalue weighted by molar-refractivity contribution is -0.0498. The normalized spacial score (nSPS) is 12.7. The van der Waals surface area contributed by atoms with Crippen molar-refractivity contribution in [1.82, 2.24) is 5.32 Å². The van der Waals surface area contributed by atoms with Crippen molar-refractivity contribution in [2.75, 3.05) is 6.79 Å². The Morgan fingerprint density at radius 2 is 1.86 bits per heavy atom. The molecular weight excluding hydrogens is 292 g/mol. The predicted molar refractivity (Wildman–Crippen MR) is 76.2 cm³/mol. The Labute approximate surface area is 126 Å². The summed E-state index contributed by atoms with van der Waals surface area (Å²) in [4.78, 5) is 0. The molecule has 116 valence electrons. The molecule has 6 heteroatoms. The largest absolute Gasteiger partial charge is 0.454 e. The Morgan fingerprint density at radius 3 is 2.64 bits per heavy atom. The van der Waals surface area contributed by atoms with E-state index >= 15 is 0 Å². The summed E-state index contributed by atoms with van der Waals surface area (Å²) in [7, 11) is 0. The van der Waals surface area contributed by atoms with Crippen LogP contribution in [0, 0.1) is 0 Å². The van der Waals surface area contributed by atoms with Crippen LogP contribution in [0.4, 0.5) is 8.78 Å². The number of halogens is 2. The lowest BCUT2D eigenvalue weighted by atomic mass is 10.1. The van der Waals surface area contributed by atoms with Crippen LogP contribution in [0.1, 0.15) is 11.1 Å². The molecule has 0 saturated heterocycles. The van der Waals surface area contributed by atoms with Gasteiger partial charge in [-0.1, -0.05) is 24.3 Å². The Bertz CT molecular complexity index is 632. The monoisotopic (exact) mass is 307 g/mol. The van der Waals surface area contributed by atoms with E-state index in [0.717, 1.165) is 22.6 Å². The second-order valence-electron chi connectivity index (χ2n) is 4.78. The van der Waals surface area contributed by atoms with Gasteiger partial charge in [0.1, 0.15) is 5.75 Å². The highest BCUT2D eigenvalue weighted by molar-refractivity contribution is 5.48. The Kier molecular flexibility index (Phi) is 4.39. The maximum absolute atomic E-state index is 12.1. The highest BCUT2D eigenvalue weighted by Gasteiger charge is 2.16. The zero-order chi connectivity index (χ0) is 15.4. The van der Waals surface area contributed by atoms with Crippen LogP contribution in [0.3, 0.4) is 0 Å². The first-order chi connectivity index (χ1) is 10.7. The molecule has 4 nitrogen and oxygen atoms in total. The maximum Gasteiger partial charge on any atom is 0.387 e. The molecule has 0 bridgehead atoms. The van der Waals surface area contributed by atoms with Crippen molar-refractivity contribution in [3.8, 4) is 17.2 Å². The minimum atomic E-state index is -2.80. The first kappa shape index (κ1) is 14.6. The summed E-state index contributed by atoms with van der Waals surface area (Å²) in [6, 6.07) is 12.3. The molecule has 0 radical (unpaired) electrons. The quantitative estimate of drug-likeness (QED) is 0.889. The molecule has 1 N–H and O–H groups in total. The molecule has 1 heterocycles. The van der Waals surface area contributed by atoms with E-state index in [9.17, 15) is 8.78 Å². The molecule has 0 fully saturated rings. The Balaban J connectivity index is 1.54. The van der Waals surface area contributed by atoms with Crippen LogP contribution in [-0.4, -0.2) is 13.4 Å². The summed E-state index contributed by atoms with van der Waals surface area (Å²) in [6.07, 6.45) is 0. The summed E-state index contributed by atoms with van der Waals surface area (Å²) in [5.41, 5.74) is 2.00. The molecule has 1 aliphatic heterocycles. The molecule has 0 atom stereocenters. The zero-order valence-corrected chi connectivity index (χ0v) is 11.7. The van der Waals surface area contributed by atoms with Crippen molar-refractivity contribution >= 4 is 0 Å². The smallest absolute Gasteiger partial charge is 0.387 e. The molecular formula is C16H15F2NO3. The Morgan fingerprint density at radius 1 is 1.05 bits per heavy atom. The average molecular weight is 307 g/mol. The first-order valence-corrected chi connectivity index (χ1v) is 6.84. The van der Waals surface area contributed by atoms with Crippen molar-refractivity contribution in [3.63, 3.8) is 0 Å².